The SMILES string of the molecule is Brc1ncc(C2CCSC2)[nH]1. The molecular formula is C7H9BrN2S. The molecule has 1 unspecified atom stereocenters. The second-order valence-corrected chi connectivity index (χ2v) is 4.59. The third-order valence-corrected chi connectivity index (χ3v) is 3.50. The lowest BCUT2D eigenvalue weighted by Crippen LogP contribution is -1.95. The Balaban J connectivity index is 2.15. The Kier molecular flexibility index (Phi) is 2.23. The van der Waals surface area contributed by atoms with Gasteiger partial charge in [0.2, 0.25) is 0 Å². The molecule has 0 bridgehead atoms. The van der Waals surface area contributed by atoms with Crippen LogP contribution in [0.1, 0.15) is 18.0 Å². The minimum absolute atomic E-state index is 0.707. The van der Waals surface area contributed by atoms with Crippen molar-refractivity contribution in [1.29, 1.82) is 0 Å². The quantitative estimate of drug-likeness (QED) is 0.806. The van der Waals surface area contributed by atoms with Gasteiger partial charge < -0.3 is 4.98 Å². The zero-order valence-corrected chi connectivity index (χ0v) is 8.41. The van der Waals surface area contributed by atoms with Crippen molar-refractivity contribution in [3.8, 4) is 0 Å². The fraction of sp³-hybridized carbons (Fsp3) is 0.571. The van der Waals surface area contributed by atoms with Crippen molar-refractivity contribution in [2.24, 2.45) is 0 Å². The number of hydrogen-bond donors (Lipinski definition) is 1. The van der Waals surface area contributed by atoms with Crippen LogP contribution in [0.15, 0.2) is 10.9 Å². The molecule has 1 aromatic heterocycles. The molecule has 4 heteroatoms. The van der Waals surface area contributed by atoms with Crippen molar-refractivity contribution < 1.29 is 0 Å². The maximum absolute atomic E-state index is 4.11. The first kappa shape index (κ1) is 7.68. The molecule has 1 saturated heterocycles. The average Bonchev–Trinajstić information content (AvgIpc) is 2.55. The summed E-state index contributed by atoms with van der Waals surface area (Å²) in [6.45, 7) is 0. The Morgan fingerprint density at radius 1 is 1.73 bits per heavy atom. The number of rotatable bonds is 1. The Labute approximate surface area is 78.3 Å². The van der Waals surface area contributed by atoms with E-state index in [2.05, 4.69) is 25.9 Å². The minimum atomic E-state index is 0.707. The van der Waals surface area contributed by atoms with Gasteiger partial charge in [0.15, 0.2) is 4.73 Å². The molecule has 1 aromatic rings. The van der Waals surface area contributed by atoms with Crippen LogP contribution >= 0.6 is 27.7 Å². The number of aromatic amines is 1. The minimum Gasteiger partial charge on any atom is -0.336 e. The van der Waals surface area contributed by atoms with Crippen LogP contribution in [-0.2, 0) is 0 Å². The summed E-state index contributed by atoms with van der Waals surface area (Å²) in [6, 6.07) is 0. The van der Waals surface area contributed by atoms with Gasteiger partial charge in [-0.15, -0.1) is 0 Å². The van der Waals surface area contributed by atoms with Crippen molar-refractivity contribution >= 4 is 27.7 Å². The van der Waals surface area contributed by atoms with Crippen molar-refractivity contribution in [2.75, 3.05) is 11.5 Å². The molecule has 2 heterocycles. The van der Waals surface area contributed by atoms with Gasteiger partial charge in [-0.2, -0.15) is 11.8 Å². The molecule has 1 N–H and O–H groups in total. The van der Waals surface area contributed by atoms with Crippen LogP contribution < -0.4 is 0 Å². The first-order valence-electron chi connectivity index (χ1n) is 3.64. The predicted octanol–water partition coefficient (Wildman–Crippen LogP) is 2.39. The first-order chi connectivity index (χ1) is 5.36. The van der Waals surface area contributed by atoms with E-state index in [-0.39, 0.29) is 0 Å². The average molecular weight is 233 g/mol. The summed E-state index contributed by atoms with van der Waals surface area (Å²) in [7, 11) is 0. The molecule has 2 rings (SSSR count). The van der Waals surface area contributed by atoms with Crippen LogP contribution in [0, 0.1) is 0 Å². The summed E-state index contributed by atoms with van der Waals surface area (Å²) in [4.78, 5) is 7.32. The highest BCUT2D eigenvalue weighted by Crippen LogP contribution is 2.31. The lowest BCUT2D eigenvalue weighted by Gasteiger charge is -2.02. The molecule has 1 fully saturated rings. The van der Waals surface area contributed by atoms with Crippen molar-refractivity contribution in [2.45, 2.75) is 12.3 Å². The topological polar surface area (TPSA) is 28.7 Å². The van der Waals surface area contributed by atoms with E-state index in [1.807, 2.05) is 18.0 Å². The van der Waals surface area contributed by atoms with Gasteiger partial charge in [-0.05, 0) is 28.1 Å². The van der Waals surface area contributed by atoms with Gasteiger partial charge in [-0.25, -0.2) is 4.98 Å². The van der Waals surface area contributed by atoms with Crippen LogP contribution in [0.5, 0.6) is 0 Å². The van der Waals surface area contributed by atoms with E-state index in [9.17, 15) is 0 Å². The van der Waals surface area contributed by atoms with E-state index in [1.165, 1.54) is 23.6 Å². The van der Waals surface area contributed by atoms with E-state index in [4.69, 9.17) is 0 Å². The number of hydrogen-bond acceptors (Lipinski definition) is 2. The summed E-state index contributed by atoms with van der Waals surface area (Å²) in [5.41, 5.74) is 1.28. The van der Waals surface area contributed by atoms with Gasteiger partial charge in [0, 0.05) is 23.6 Å². The number of halogens is 1. The number of imidazole rings is 1. The van der Waals surface area contributed by atoms with E-state index >= 15 is 0 Å². The highest BCUT2D eigenvalue weighted by molar-refractivity contribution is 9.10. The molecule has 1 atom stereocenters. The lowest BCUT2D eigenvalue weighted by atomic mass is 10.1. The Morgan fingerprint density at radius 2 is 2.64 bits per heavy atom. The van der Waals surface area contributed by atoms with Crippen LogP contribution in [0.4, 0.5) is 0 Å². The second kappa shape index (κ2) is 3.19. The molecule has 2 nitrogen and oxygen atoms in total. The number of thioether (sulfide) groups is 1. The van der Waals surface area contributed by atoms with Gasteiger partial charge in [-0.3, -0.25) is 0 Å². The summed E-state index contributed by atoms with van der Waals surface area (Å²) in [5.74, 6) is 3.24. The Morgan fingerprint density at radius 3 is 3.18 bits per heavy atom. The van der Waals surface area contributed by atoms with Crippen molar-refractivity contribution in [1.82, 2.24) is 9.97 Å². The third-order valence-electron chi connectivity index (χ3n) is 1.93. The molecule has 0 aliphatic carbocycles. The Bertz CT molecular complexity index is 242. The fourth-order valence-corrected chi connectivity index (χ4v) is 2.88. The van der Waals surface area contributed by atoms with Gasteiger partial charge >= 0.3 is 0 Å². The van der Waals surface area contributed by atoms with Gasteiger partial charge in [0.25, 0.3) is 0 Å². The summed E-state index contributed by atoms with van der Waals surface area (Å²) in [5, 5.41) is 0. The number of H-pyrrole nitrogens is 1. The molecule has 0 radical (unpaired) electrons. The highest BCUT2D eigenvalue weighted by atomic mass is 79.9. The number of nitrogens with one attached hydrogen (secondary N) is 1. The maximum Gasteiger partial charge on any atom is 0.174 e. The van der Waals surface area contributed by atoms with E-state index in [0.717, 1.165) is 4.73 Å². The maximum atomic E-state index is 4.11. The van der Waals surface area contributed by atoms with E-state index in [1.54, 1.807) is 0 Å². The molecular weight excluding hydrogens is 224 g/mol. The summed E-state index contributed by atoms with van der Waals surface area (Å²) < 4.78 is 0.851. The second-order valence-electron chi connectivity index (χ2n) is 2.69. The Hall–Kier alpha value is 0.0400. The first-order valence-corrected chi connectivity index (χ1v) is 5.59. The third kappa shape index (κ3) is 1.62. The van der Waals surface area contributed by atoms with Crippen LogP contribution in [0.3, 0.4) is 0 Å². The molecule has 0 saturated carbocycles. The molecule has 0 spiro atoms. The standard InChI is InChI=1S/C7H9BrN2S/c8-7-9-3-6(10-7)5-1-2-11-4-5/h3,5H,1-2,4H2,(H,9,10). The molecule has 60 valence electrons. The van der Waals surface area contributed by atoms with E-state index < -0.39 is 0 Å². The molecule has 0 amide bonds. The van der Waals surface area contributed by atoms with Crippen LogP contribution in [-0.4, -0.2) is 21.5 Å². The predicted molar refractivity (Wildman–Crippen MR) is 51.0 cm³/mol. The normalized spacial score (nSPS) is 24.3. The fourth-order valence-electron chi connectivity index (χ4n) is 1.30. The zero-order chi connectivity index (χ0) is 7.68. The lowest BCUT2D eigenvalue weighted by molar-refractivity contribution is 0.757. The monoisotopic (exact) mass is 232 g/mol. The molecule has 1 aliphatic rings. The van der Waals surface area contributed by atoms with Gasteiger partial charge in [0.1, 0.15) is 0 Å². The zero-order valence-electron chi connectivity index (χ0n) is 6.01. The van der Waals surface area contributed by atoms with Crippen LogP contribution in [0.25, 0.3) is 0 Å². The molecule has 0 aromatic carbocycles. The van der Waals surface area contributed by atoms with Crippen molar-refractivity contribution in [3.05, 3.63) is 16.6 Å². The van der Waals surface area contributed by atoms with E-state index in [0.29, 0.717) is 5.92 Å². The summed E-state index contributed by atoms with van der Waals surface area (Å²) >= 11 is 5.33. The van der Waals surface area contributed by atoms with Gasteiger partial charge in [-0.1, -0.05) is 0 Å². The van der Waals surface area contributed by atoms with Crippen molar-refractivity contribution in [3.63, 3.8) is 0 Å². The molecule has 11 heavy (non-hydrogen) atoms. The number of aromatic nitrogens is 2. The molecule has 1 aliphatic heterocycles. The van der Waals surface area contributed by atoms with Gasteiger partial charge in [0.05, 0.1) is 0 Å². The number of nitrogens with zero attached hydrogens (tertiary/aromatic N) is 1. The summed E-state index contributed by atoms with van der Waals surface area (Å²) in [6.07, 6.45) is 3.22. The highest BCUT2D eigenvalue weighted by Gasteiger charge is 2.18. The largest absolute Gasteiger partial charge is 0.336 e. The van der Waals surface area contributed by atoms with Crippen LogP contribution in [0.2, 0.25) is 0 Å². The smallest absolute Gasteiger partial charge is 0.174 e.